The Labute approximate surface area is 187 Å². The molecule has 1 aliphatic rings. The average molecular weight is 434 g/mol. The standard InChI is InChI=1S/C27H28FNO3/c1-16-13-21(28)22(15-20(16)17-5-7-18(8-6-17)26(2,3)4)29-25(32)27(11-12-27)19-9-10-23(30)24(31)14-19/h5-10,13-15,30-31H,11-12H2,1-4H3,(H,29,32). The molecular formula is C27H28FNO3. The van der Waals surface area contributed by atoms with Crippen LogP contribution in [0.2, 0.25) is 0 Å². The molecule has 32 heavy (non-hydrogen) atoms. The van der Waals surface area contributed by atoms with Crippen LogP contribution in [0.15, 0.2) is 54.6 Å². The maximum Gasteiger partial charge on any atom is 0.235 e. The van der Waals surface area contributed by atoms with E-state index in [1.54, 1.807) is 12.1 Å². The fourth-order valence-corrected chi connectivity index (χ4v) is 4.06. The molecule has 3 aromatic rings. The van der Waals surface area contributed by atoms with Crippen LogP contribution in [-0.4, -0.2) is 16.1 Å². The van der Waals surface area contributed by atoms with Crippen molar-refractivity contribution >= 4 is 11.6 Å². The first-order valence-corrected chi connectivity index (χ1v) is 10.8. The Morgan fingerprint density at radius 3 is 2.19 bits per heavy atom. The van der Waals surface area contributed by atoms with Crippen molar-refractivity contribution in [3.05, 3.63) is 77.1 Å². The van der Waals surface area contributed by atoms with E-state index in [1.807, 2.05) is 19.1 Å². The molecule has 0 atom stereocenters. The number of phenols is 2. The Morgan fingerprint density at radius 2 is 1.62 bits per heavy atom. The summed E-state index contributed by atoms with van der Waals surface area (Å²) in [7, 11) is 0. The van der Waals surface area contributed by atoms with Crippen LogP contribution in [0.4, 0.5) is 10.1 Å². The molecule has 0 spiro atoms. The molecule has 0 heterocycles. The number of nitrogens with one attached hydrogen (secondary N) is 1. The number of hydrogen-bond donors (Lipinski definition) is 3. The van der Waals surface area contributed by atoms with Gasteiger partial charge in [0.05, 0.1) is 11.1 Å². The maximum absolute atomic E-state index is 14.8. The van der Waals surface area contributed by atoms with Crippen LogP contribution < -0.4 is 5.32 Å². The minimum absolute atomic E-state index is 0.0384. The second kappa shape index (κ2) is 7.66. The minimum atomic E-state index is -0.822. The Balaban J connectivity index is 1.63. The lowest BCUT2D eigenvalue weighted by Gasteiger charge is -2.20. The van der Waals surface area contributed by atoms with Gasteiger partial charge in [0.25, 0.3) is 0 Å². The molecule has 1 aliphatic carbocycles. The first-order chi connectivity index (χ1) is 15.0. The van der Waals surface area contributed by atoms with Crippen molar-refractivity contribution < 1.29 is 19.4 Å². The SMILES string of the molecule is Cc1cc(F)c(NC(=O)C2(c3ccc(O)c(O)c3)CC2)cc1-c1ccc(C(C)(C)C)cc1. The molecule has 4 rings (SSSR count). The second-order valence-corrected chi connectivity index (χ2v) is 9.71. The summed E-state index contributed by atoms with van der Waals surface area (Å²) in [6.45, 7) is 8.31. The van der Waals surface area contributed by atoms with Crippen LogP contribution in [0.1, 0.15) is 50.3 Å². The zero-order chi connectivity index (χ0) is 23.3. The third-order valence-corrected chi connectivity index (χ3v) is 6.34. The van der Waals surface area contributed by atoms with Crippen LogP contribution in [0.3, 0.4) is 0 Å². The van der Waals surface area contributed by atoms with E-state index in [2.05, 4.69) is 38.2 Å². The predicted molar refractivity (Wildman–Crippen MR) is 125 cm³/mol. The Morgan fingerprint density at radius 1 is 0.969 bits per heavy atom. The van der Waals surface area contributed by atoms with Crippen molar-refractivity contribution in [2.24, 2.45) is 0 Å². The van der Waals surface area contributed by atoms with E-state index < -0.39 is 11.2 Å². The number of amides is 1. The summed E-state index contributed by atoms with van der Waals surface area (Å²) in [5.74, 6) is -1.32. The normalized spacial score (nSPS) is 14.8. The molecule has 1 amide bonds. The van der Waals surface area contributed by atoms with Crippen LogP contribution in [-0.2, 0) is 15.6 Å². The summed E-state index contributed by atoms with van der Waals surface area (Å²) in [4.78, 5) is 13.1. The third-order valence-electron chi connectivity index (χ3n) is 6.34. The van der Waals surface area contributed by atoms with E-state index in [0.29, 0.717) is 18.4 Å². The fourth-order valence-electron chi connectivity index (χ4n) is 4.06. The second-order valence-electron chi connectivity index (χ2n) is 9.71. The number of carbonyl (C=O) groups is 1. The minimum Gasteiger partial charge on any atom is -0.504 e. The highest BCUT2D eigenvalue weighted by Crippen LogP contribution is 2.50. The summed E-state index contributed by atoms with van der Waals surface area (Å²) in [6, 6.07) is 15.7. The molecule has 3 N–H and O–H groups in total. The number of phenolic OH excluding ortho intramolecular Hbond substituents is 2. The van der Waals surface area contributed by atoms with Gasteiger partial charge >= 0.3 is 0 Å². The Bertz CT molecular complexity index is 1190. The number of rotatable bonds is 4. The molecule has 0 saturated heterocycles. The summed E-state index contributed by atoms with van der Waals surface area (Å²) in [6.07, 6.45) is 1.19. The van der Waals surface area contributed by atoms with E-state index in [4.69, 9.17) is 0 Å². The number of carbonyl (C=O) groups excluding carboxylic acids is 1. The van der Waals surface area contributed by atoms with Crippen molar-refractivity contribution in [3.8, 4) is 22.6 Å². The lowest BCUT2D eigenvalue weighted by Crippen LogP contribution is -2.28. The van der Waals surface area contributed by atoms with Crippen molar-refractivity contribution in [1.29, 1.82) is 0 Å². The van der Waals surface area contributed by atoms with Gasteiger partial charge in [-0.15, -0.1) is 0 Å². The zero-order valence-electron chi connectivity index (χ0n) is 18.8. The molecule has 0 aliphatic heterocycles. The molecule has 4 nitrogen and oxygen atoms in total. The van der Waals surface area contributed by atoms with Crippen molar-refractivity contribution in [1.82, 2.24) is 0 Å². The summed E-state index contributed by atoms with van der Waals surface area (Å²) >= 11 is 0. The van der Waals surface area contributed by atoms with Gasteiger partial charge in [0.2, 0.25) is 5.91 Å². The lowest BCUT2D eigenvalue weighted by atomic mass is 9.86. The van der Waals surface area contributed by atoms with Gasteiger partial charge in [0.15, 0.2) is 11.5 Å². The lowest BCUT2D eigenvalue weighted by molar-refractivity contribution is -0.118. The Hall–Kier alpha value is -3.34. The monoisotopic (exact) mass is 433 g/mol. The van der Waals surface area contributed by atoms with Crippen LogP contribution in [0.5, 0.6) is 11.5 Å². The molecule has 0 bridgehead atoms. The summed E-state index contributed by atoms with van der Waals surface area (Å²) in [5.41, 5.74) is 3.76. The number of anilines is 1. The van der Waals surface area contributed by atoms with Gasteiger partial charge in [-0.2, -0.15) is 0 Å². The molecule has 0 unspecified atom stereocenters. The van der Waals surface area contributed by atoms with Crippen LogP contribution in [0.25, 0.3) is 11.1 Å². The van der Waals surface area contributed by atoms with Gasteiger partial charge in [-0.25, -0.2) is 4.39 Å². The number of hydrogen-bond acceptors (Lipinski definition) is 3. The van der Waals surface area contributed by atoms with Crippen molar-refractivity contribution in [3.63, 3.8) is 0 Å². The largest absolute Gasteiger partial charge is 0.504 e. The summed E-state index contributed by atoms with van der Waals surface area (Å²) in [5, 5.41) is 22.2. The van der Waals surface area contributed by atoms with Crippen LogP contribution in [0, 0.1) is 12.7 Å². The molecular weight excluding hydrogens is 405 g/mol. The highest BCUT2D eigenvalue weighted by Gasteiger charge is 2.51. The highest BCUT2D eigenvalue weighted by atomic mass is 19.1. The number of aryl methyl sites for hydroxylation is 1. The molecule has 3 aromatic carbocycles. The van der Waals surface area contributed by atoms with Crippen molar-refractivity contribution in [2.45, 2.75) is 51.4 Å². The first-order valence-electron chi connectivity index (χ1n) is 10.8. The molecule has 1 fully saturated rings. The van der Waals surface area contributed by atoms with E-state index in [9.17, 15) is 19.4 Å². The van der Waals surface area contributed by atoms with Gasteiger partial charge in [0, 0.05) is 0 Å². The average Bonchev–Trinajstić information content (AvgIpc) is 3.53. The van der Waals surface area contributed by atoms with Gasteiger partial charge in [-0.1, -0.05) is 51.1 Å². The molecule has 166 valence electrons. The molecule has 0 radical (unpaired) electrons. The molecule has 1 saturated carbocycles. The quantitative estimate of drug-likeness (QED) is 0.430. The molecule has 0 aromatic heterocycles. The van der Waals surface area contributed by atoms with Crippen molar-refractivity contribution in [2.75, 3.05) is 5.32 Å². The maximum atomic E-state index is 14.8. The van der Waals surface area contributed by atoms with Gasteiger partial charge in [-0.05, 0) is 77.3 Å². The zero-order valence-corrected chi connectivity index (χ0v) is 18.8. The van der Waals surface area contributed by atoms with E-state index in [-0.39, 0.29) is 28.5 Å². The van der Waals surface area contributed by atoms with Gasteiger partial charge in [-0.3, -0.25) is 4.79 Å². The van der Waals surface area contributed by atoms with E-state index >= 15 is 0 Å². The number of halogens is 1. The number of aromatic hydroxyl groups is 2. The smallest absolute Gasteiger partial charge is 0.235 e. The topological polar surface area (TPSA) is 69.6 Å². The van der Waals surface area contributed by atoms with Crippen LogP contribution >= 0.6 is 0 Å². The fraction of sp³-hybridized carbons (Fsp3) is 0.296. The third kappa shape index (κ3) is 3.95. The van der Waals surface area contributed by atoms with E-state index in [0.717, 1.165) is 16.7 Å². The Kier molecular flexibility index (Phi) is 5.24. The summed E-state index contributed by atoms with van der Waals surface area (Å²) < 4.78 is 14.8. The van der Waals surface area contributed by atoms with E-state index in [1.165, 1.54) is 23.8 Å². The van der Waals surface area contributed by atoms with Gasteiger partial charge in [0.1, 0.15) is 5.82 Å². The molecule has 5 heteroatoms. The number of benzene rings is 3. The first kappa shape index (κ1) is 21.9. The van der Waals surface area contributed by atoms with Gasteiger partial charge < -0.3 is 15.5 Å². The highest BCUT2D eigenvalue weighted by molar-refractivity contribution is 6.02. The predicted octanol–water partition coefficient (Wildman–Crippen LogP) is 6.18.